The number of nitrogens with zero attached hydrogens (tertiary/aromatic N) is 3. The van der Waals surface area contributed by atoms with Gasteiger partial charge in [0.25, 0.3) is 0 Å². The highest BCUT2D eigenvalue weighted by Crippen LogP contribution is 2.29. The number of aromatic amines is 1. The Morgan fingerprint density at radius 2 is 2.15 bits per heavy atom. The number of aromatic nitrogens is 4. The van der Waals surface area contributed by atoms with Crippen molar-refractivity contribution in [3.05, 3.63) is 34.4 Å². The van der Waals surface area contributed by atoms with Crippen LogP contribution in [-0.2, 0) is 0 Å². The van der Waals surface area contributed by atoms with Gasteiger partial charge in [-0.25, -0.2) is 5.84 Å². The zero-order chi connectivity index (χ0) is 14.1. The van der Waals surface area contributed by atoms with Crippen LogP contribution in [0.5, 0.6) is 0 Å². The van der Waals surface area contributed by atoms with Crippen molar-refractivity contribution in [2.75, 3.05) is 10.7 Å². The Bertz CT molecular complexity index is 768. The molecule has 3 aromatic rings. The minimum atomic E-state index is 0.313. The van der Waals surface area contributed by atoms with Gasteiger partial charge in [0, 0.05) is 4.47 Å². The molecule has 0 aliphatic heterocycles. The summed E-state index contributed by atoms with van der Waals surface area (Å²) < 4.78 is 0.945. The summed E-state index contributed by atoms with van der Waals surface area (Å²) >= 11 is 3.51. The third-order valence-corrected chi connectivity index (χ3v) is 3.51. The first-order valence-electron chi connectivity index (χ1n) is 5.88. The van der Waals surface area contributed by atoms with Gasteiger partial charge in [0.1, 0.15) is 5.82 Å². The van der Waals surface area contributed by atoms with Crippen LogP contribution in [0.4, 0.5) is 17.5 Å². The summed E-state index contributed by atoms with van der Waals surface area (Å²) in [5.74, 6) is 6.32. The van der Waals surface area contributed by atoms with Crippen LogP contribution in [0.25, 0.3) is 11.0 Å². The van der Waals surface area contributed by atoms with Gasteiger partial charge >= 0.3 is 0 Å². The molecule has 0 aliphatic carbocycles. The summed E-state index contributed by atoms with van der Waals surface area (Å²) in [5.41, 5.74) is 5.10. The molecule has 0 saturated heterocycles. The van der Waals surface area contributed by atoms with Crippen LogP contribution >= 0.6 is 15.9 Å². The van der Waals surface area contributed by atoms with Gasteiger partial charge in [-0.1, -0.05) is 6.07 Å². The van der Waals surface area contributed by atoms with Crippen LogP contribution in [0.2, 0.25) is 0 Å². The lowest BCUT2D eigenvalue weighted by Gasteiger charge is -2.10. The molecular formula is C12H12BrN7. The maximum Gasteiger partial charge on any atom is 0.241 e. The number of nitrogens with two attached hydrogens (primary N) is 1. The lowest BCUT2D eigenvalue weighted by Crippen LogP contribution is -2.11. The van der Waals surface area contributed by atoms with Crippen LogP contribution < -0.4 is 16.6 Å². The Balaban J connectivity index is 2.09. The van der Waals surface area contributed by atoms with Crippen molar-refractivity contribution in [3.8, 4) is 0 Å². The Morgan fingerprint density at radius 1 is 1.30 bits per heavy atom. The van der Waals surface area contributed by atoms with E-state index in [1.165, 1.54) is 0 Å². The molecule has 0 unspecified atom stereocenters. The normalized spacial score (nSPS) is 10.8. The molecule has 8 heteroatoms. The SMILES string of the molecule is Cc1ccc(Br)c(Nc2nc(NN)nc3[nH]ncc23)c1. The van der Waals surface area contributed by atoms with Crippen LogP contribution in [-0.4, -0.2) is 20.2 Å². The minimum Gasteiger partial charge on any atom is -0.339 e. The standard InChI is InChI=1S/C12H12BrN7/c1-6-2-3-8(13)9(4-6)16-10-7-5-15-20-11(7)18-12(17-10)19-14/h2-5H,14H2,1H3,(H3,15,16,17,18,19,20). The minimum absolute atomic E-state index is 0.313. The number of hydrazine groups is 1. The van der Waals surface area contributed by atoms with E-state index in [-0.39, 0.29) is 0 Å². The van der Waals surface area contributed by atoms with Gasteiger partial charge in [-0.3, -0.25) is 10.5 Å². The summed E-state index contributed by atoms with van der Waals surface area (Å²) in [6, 6.07) is 6.02. The lowest BCUT2D eigenvalue weighted by atomic mass is 10.2. The molecule has 7 nitrogen and oxygen atoms in total. The highest BCUT2D eigenvalue weighted by atomic mass is 79.9. The maximum absolute atomic E-state index is 5.38. The second kappa shape index (κ2) is 5.06. The van der Waals surface area contributed by atoms with Crippen molar-refractivity contribution >= 4 is 44.4 Å². The molecule has 1 aromatic carbocycles. The Hall–Kier alpha value is -2.19. The number of fused-ring (bicyclic) bond motifs is 1. The fourth-order valence-corrected chi connectivity index (χ4v) is 2.20. The van der Waals surface area contributed by atoms with E-state index in [4.69, 9.17) is 5.84 Å². The van der Waals surface area contributed by atoms with Crippen LogP contribution in [0, 0.1) is 6.92 Å². The average molecular weight is 334 g/mol. The molecule has 2 heterocycles. The van der Waals surface area contributed by atoms with E-state index >= 15 is 0 Å². The molecule has 0 amide bonds. The number of H-pyrrole nitrogens is 1. The number of nitrogens with one attached hydrogen (secondary N) is 3. The Kier molecular flexibility index (Phi) is 3.25. The van der Waals surface area contributed by atoms with Gasteiger partial charge in [0.05, 0.1) is 17.3 Å². The van der Waals surface area contributed by atoms with E-state index in [9.17, 15) is 0 Å². The monoisotopic (exact) mass is 333 g/mol. The largest absolute Gasteiger partial charge is 0.339 e. The molecule has 2 aromatic heterocycles. The predicted octanol–water partition coefficient (Wildman–Crippen LogP) is 2.45. The number of benzene rings is 1. The highest BCUT2D eigenvalue weighted by Gasteiger charge is 2.10. The van der Waals surface area contributed by atoms with E-state index in [2.05, 4.69) is 46.8 Å². The number of hydrogen-bond acceptors (Lipinski definition) is 6. The van der Waals surface area contributed by atoms with Gasteiger partial charge < -0.3 is 5.32 Å². The van der Waals surface area contributed by atoms with E-state index in [1.54, 1.807) is 6.20 Å². The molecule has 0 bridgehead atoms. The second-order valence-corrected chi connectivity index (χ2v) is 5.14. The van der Waals surface area contributed by atoms with Gasteiger partial charge in [0.15, 0.2) is 5.65 Å². The summed E-state index contributed by atoms with van der Waals surface area (Å²) in [4.78, 5) is 8.50. The van der Waals surface area contributed by atoms with E-state index < -0.39 is 0 Å². The topological polar surface area (TPSA) is 105 Å². The smallest absolute Gasteiger partial charge is 0.241 e. The third kappa shape index (κ3) is 2.30. The number of rotatable bonds is 3. The van der Waals surface area contributed by atoms with Crippen molar-refractivity contribution in [2.24, 2.45) is 5.84 Å². The first-order valence-corrected chi connectivity index (χ1v) is 6.67. The molecule has 5 N–H and O–H groups in total. The number of anilines is 3. The van der Waals surface area contributed by atoms with E-state index in [0.29, 0.717) is 17.4 Å². The highest BCUT2D eigenvalue weighted by molar-refractivity contribution is 9.10. The molecule has 3 rings (SSSR count). The van der Waals surface area contributed by atoms with Crippen molar-refractivity contribution < 1.29 is 0 Å². The Labute approximate surface area is 123 Å². The number of hydrogen-bond donors (Lipinski definition) is 4. The van der Waals surface area contributed by atoms with Crippen LogP contribution in [0.3, 0.4) is 0 Å². The molecular weight excluding hydrogens is 322 g/mol. The van der Waals surface area contributed by atoms with Crippen molar-refractivity contribution in [1.82, 2.24) is 20.2 Å². The summed E-state index contributed by atoms with van der Waals surface area (Å²) in [6.07, 6.45) is 1.67. The second-order valence-electron chi connectivity index (χ2n) is 4.28. The van der Waals surface area contributed by atoms with Crippen molar-refractivity contribution in [2.45, 2.75) is 6.92 Å². The quantitative estimate of drug-likeness (QED) is 0.433. The summed E-state index contributed by atoms with van der Waals surface area (Å²) in [6.45, 7) is 2.03. The van der Waals surface area contributed by atoms with Gasteiger partial charge in [-0.2, -0.15) is 15.1 Å². The molecule has 0 fully saturated rings. The lowest BCUT2D eigenvalue weighted by molar-refractivity contribution is 1.08. The zero-order valence-corrected chi connectivity index (χ0v) is 12.2. The van der Waals surface area contributed by atoms with Crippen molar-refractivity contribution in [1.29, 1.82) is 0 Å². The molecule has 20 heavy (non-hydrogen) atoms. The van der Waals surface area contributed by atoms with Gasteiger partial charge in [-0.15, -0.1) is 0 Å². The molecule has 0 aliphatic rings. The van der Waals surface area contributed by atoms with E-state index in [1.807, 2.05) is 25.1 Å². The van der Waals surface area contributed by atoms with Gasteiger partial charge in [-0.05, 0) is 40.5 Å². The fraction of sp³-hybridized carbons (Fsp3) is 0.0833. The predicted molar refractivity (Wildman–Crippen MR) is 81.7 cm³/mol. The fourth-order valence-electron chi connectivity index (χ4n) is 1.86. The first kappa shape index (κ1) is 12.8. The number of nitrogen functional groups attached to an aromatic ring is 1. The summed E-state index contributed by atoms with van der Waals surface area (Å²) in [7, 11) is 0. The maximum atomic E-state index is 5.38. The molecule has 102 valence electrons. The molecule has 0 radical (unpaired) electrons. The van der Waals surface area contributed by atoms with Gasteiger partial charge in [0.2, 0.25) is 5.95 Å². The zero-order valence-electron chi connectivity index (χ0n) is 10.6. The first-order chi connectivity index (χ1) is 9.67. The molecule has 0 spiro atoms. The number of halogens is 1. The average Bonchev–Trinajstić information content (AvgIpc) is 2.91. The van der Waals surface area contributed by atoms with Crippen LogP contribution in [0.15, 0.2) is 28.9 Å². The van der Waals surface area contributed by atoms with Crippen LogP contribution in [0.1, 0.15) is 5.56 Å². The molecule has 0 atom stereocenters. The number of aryl methyl sites for hydroxylation is 1. The summed E-state index contributed by atoms with van der Waals surface area (Å²) in [5, 5.41) is 10.8. The Morgan fingerprint density at radius 3 is 2.95 bits per heavy atom. The van der Waals surface area contributed by atoms with E-state index in [0.717, 1.165) is 21.1 Å². The molecule has 0 saturated carbocycles. The van der Waals surface area contributed by atoms with Crippen molar-refractivity contribution in [3.63, 3.8) is 0 Å². The third-order valence-electron chi connectivity index (χ3n) is 2.81.